The van der Waals surface area contributed by atoms with Crippen LogP contribution in [-0.2, 0) is 17.6 Å². The molecule has 2 rings (SSSR count). The van der Waals surface area contributed by atoms with E-state index in [2.05, 4.69) is 50.2 Å². The van der Waals surface area contributed by atoms with Crippen LogP contribution >= 0.6 is 11.8 Å². The van der Waals surface area contributed by atoms with Gasteiger partial charge >= 0.3 is 0 Å². The Morgan fingerprint density at radius 3 is 2.30 bits per heavy atom. The number of aryl methyl sites for hydroxylation is 2. The lowest BCUT2D eigenvalue weighted by Gasteiger charge is -2.05. The summed E-state index contributed by atoms with van der Waals surface area (Å²) in [6.07, 6.45) is 1.57. The van der Waals surface area contributed by atoms with E-state index >= 15 is 0 Å². The van der Waals surface area contributed by atoms with E-state index in [-0.39, 0.29) is 5.78 Å². The van der Waals surface area contributed by atoms with Crippen LogP contribution in [0.1, 0.15) is 23.6 Å². The van der Waals surface area contributed by atoms with E-state index in [9.17, 15) is 4.79 Å². The number of thioether (sulfide) groups is 1. The molecule has 0 aliphatic heterocycles. The van der Waals surface area contributed by atoms with Gasteiger partial charge in [-0.3, -0.25) is 4.79 Å². The van der Waals surface area contributed by atoms with E-state index < -0.39 is 0 Å². The van der Waals surface area contributed by atoms with Crippen LogP contribution in [0.3, 0.4) is 0 Å². The van der Waals surface area contributed by atoms with Gasteiger partial charge < -0.3 is 0 Å². The third-order valence-corrected chi connectivity index (χ3v) is 4.55. The summed E-state index contributed by atoms with van der Waals surface area (Å²) in [6, 6.07) is 16.5. The Morgan fingerprint density at radius 1 is 1.00 bits per heavy atom. The zero-order chi connectivity index (χ0) is 14.4. The molecule has 20 heavy (non-hydrogen) atoms. The highest BCUT2D eigenvalue weighted by atomic mass is 32.2. The minimum atomic E-state index is 0.280. The number of hydrogen-bond donors (Lipinski definition) is 0. The van der Waals surface area contributed by atoms with Gasteiger partial charge in [-0.05, 0) is 36.1 Å². The van der Waals surface area contributed by atoms with Crippen molar-refractivity contribution >= 4 is 17.5 Å². The first-order valence-corrected chi connectivity index (χ1v) is 7.95. The highest BCUT2D eigenvalue weighted by Gasteiger charge is 2.06. The van der Waals surface area contributed by atoms with Crippen LogP contribution in [0, 0.1) is 6.92 Å². The number of Topliss-reactive ketones (excluding diaryl/α,β-unsaturated/α-hetero) is 1. The van der Waals surface area contributed by atoms with Crippen LogP contribution in [0.4, 0.5) is 0 Å². The largest absolute Gasteiger partial charge is 0.298 e. The monoisotopic (exact) mass is 284 g/mol. The van der Waals surface area contributed by atoms with Gasteiger partial charge in [0.1, 0.15) is 5.78 Å². The minimum absolute atomic E-state index is 0.280. The highest BCUT2D eigenvalue weighted by molar-refractivity contribution is 8.00. The molecule has 0 bridgehead atoms. The summed E-state index contributed by atoms with van der Waals surface area (Å²) >= 11 is 1.63. The Hall–Kier alpha value is -1.54. The quantitative estimate of drug-likeness (QED) is 0.728. The lowest BCUT2D eigenvalue weighted by molar-refractivity contribution is -0.116. The lowest BCUT2D eigenvalue weighted by atomic mass is 10.1. The molecule has 0 heterocycles. The Kier molecular flexibility index (Phi) is 5.42. The second-order valence-electron chi connectivity index (χ2n) is 4.94. The summed E-state index contributed by atoms with van der Waals surface area (Å²) in [5, 5.41) is 0. The van der Waals surface area contributed by atoms with Crippen LogP contribution in [0.2, 0.25) is 0 Å². The predicted molar refractivity (Wildman–Crippen MR) is 86.4 cm³/mol. The van der Waals surface area contributed by atoms with E-state index in [1.54, 1.807) is 11.8 Å². The molecule has 0 spiro atoms. The molecular weight excluding hydrogens is 264 g/mol. The van der Waals surface area contributed by atoms with Crippen LogP contribution in [0.25, 0.3) is 0 Å². The predicted octanol–water partition coefficient (Wildman–Crippen LogP) is 4.46. The van der Waals surface area contributed by atoms with E-state index in [0.717, 1.165) is 12.0 Å². The molecular formula is C18H20OS. The topological polar surface area (TPSA) is 17.1 Å². The number of ketones is 1. The summed E-state index contributed by atoms with van der Waals surface area (Å²) in [7, 11) is 0. The van der Waals surface area contributed by atoms with Gasteiger partial charge in [0.2, 0.25) is 0 Å². The van der Waals surface area contributed by atoms with Crippen molar-refractivity contribution in [3.8, 4) is 0 Å². The Bertz CT molecular complexity index is 572. The van der Waals surface area contributed by atoms with Gasteiger partial charge in [0.25, 0.3) is 0 Å². The van der Waals surface area contributed by atoms with E-state index in [1.807, 2.05) is 12.1 Å². The smallest absolute Gasteiger partial charge is 0.147 e. The lowest BCUT2D eigenvalue weighted by Crippen LogP contribution is -2.05. The number of rotatable bonds is 6. The molecule has 2 aromatic carbocycles. The van der Waals surface area contributed by atoms with E-state index in [1.165, 1.54) is 16.0 Å². The van der Waals surface area contributed by atoms with E-state index in [4.69, 9.17) is 0 Å². The van der Waals surface area contributed by atoms with Crippen molar-refractivity contribution in [3.63, 3.8) is 0 Å². The van der Waals surface area contributed by atoms with Crippen LogP contribution < -0.4 is 0 Å². The van der Waals surface area contributed by atoms with Crippen LogP contribution in [0.15, 0.2) is 53.4 Å². The zero-order valence-corrected chi connectivity index (χ0v) is 12.9. The van der Waals surface area contributed by atoms with Crippen molar-refractivity contribution in [2.45, 2.75) is 31.6 Å². The van der Waals surface area contributed by atoms with Gasteiger partial charge in [0.15, 0.2) is 0 Å². The second kappa shape index (κ2) is 7.30. The number of hydrogen-bond acceptors (Lipinski definition) is 2. The molecule has 0 unspecified atom stereocenters. The van der Waals surface area contributed by atoms with Gasteiger partial charge in [-0.15, -0.1) is 11.8 Å². The maximum atomic E-state index is 12.0. The standard InChI is InChI=1S/C18H20OS/c1-3-15-8-10-16(11-9-15)12-17(19)13-20-18-7-5-4-6-14(18)2/h4-11H,3,12-13H2,1-2H3. The molecule has 0 atom stereocenters. The van der Waals surface area contributed by atoms with Gasteiger partial charge in [0.05, 0.1) is 5.75 Å². The van der Waals surface area contributed by atoms with Crippen LogP contribution in [0.5, 0.6) is 0 Å². The van der Waals surface area contributed by atoms with Crippen molar-refractivity contribution in [2.75, 3.05) is 5.75 Å². The number of carbonyl (C=O) groups excluding carboxylic acids is 1. The molecule has 0 aromatic heterocycles. The maximum absolute atomic E-state index is 12.0. The Balaban J connectivity index is 1.87. The van der Waals surface area contributed by atoms with Crippen molar-refractivity contribution in [1.82, 2.24) is 0 Å². The molecule has 1 nitrogen and oxygen atoms in total. The summed E-state index contributed by atoms with van der Waals surface area (Å²) in [4.78, 5) is 13.2. The molecule has 0 radical (unpaired) electrons. The van der Waals surface area contributed by atoms with E-state index in [0.29, 0.717) is 12.2 Å². The summed E-state index contributed by atoms with van der Waals surface area (Å²) in [5.74, 6) is 0.822. The minimum Gasteiger partial charge on any atom is -0.298 e. The van der Waals surface area contributed by atoms with Crippen LogP contribution in [-0.4, -0.2) is 11.5 Å². The fourth-order valence-electron chi connectivity index (χ4n) is 2.05. The highest BCUT2D eigenvalue weighted by Crippen LogP contribution is 2.22. The first-order valence-electron chi connectivity index (χ1n) is 6.97. The normalized spacial score (nSPS) is 10.5. The molecule has 2 heteroatoms. The fraction of sp³-hybridized carbons (Fsp3) is 0.278. The number of carbonyl (C=O) groups is 1. The summed E-state index contributed by atoms with van der Waals surface area (Å²) in [5.41, 5.74) is 3.66. The Morgan fingerprint density at radius 2 is 1.65 bits per heavy atom. The molecule has 104 valence electrons. The van der Waals surface area contributed by atoms with Crippen molar-refractivity contribution in [1.29, 1.82) is 0 Å². The van der Waals surface area contributed by atoms with Gasteiger partial charge in [0, 0.05) is 11.3 Å². The molecule has 2 aromatic rings. The fourth-order valence-corrected chi connectivity index (χ4v) is 2.94. The van der Waals surface area contributed by atoms with Gasteiger partial charge in [-0.2, -0.15) is 0 Å². The number of benzene rings is 2. The van der Waals surface area contributed by atoms with Gasteiger partial charge in [-0.1, -0.05) is 49.4 Å². The first kappa shape index (κ1) is 14.9. The molecule has 0 N–H and O–H groups in total. The molecule has 0 aliphatic carbocycles. The van der Waals surface area contributed by atoms with Crippen molar-refractivity contribution in [3.05, 3.63) is 65.2 Å². The summed E-state index contributed by atoms with van der Waals surface area (Å²) < 4.78 is 0. The van der Waals surface area contributed by atoms with Crippen molar-refractivity contribution in [2.24, 2.45) is 0 Å². The maximum Gasteiger partial charge on any atom is 0.147 e. The molecule has 0 fully saturated rings. The third kappa shape index (κ3) is 4.24. The average Bonchev–Trinajstić information content (AvgIpc) is 2.47. The Labute approximate surface area is 125 Å². The average molecular weight is 284 g/mol. The SMILES string of the molecule is CCc1ccc(CC(=O)CSc2ccccc2C)cc1. The third-order valence-electron chi connectivity index (χ3n) is 3.31. The molecule has 0 saturated heterocycles. The van der Waals surface area contributed by atoms with Gasteiger partial charge in [-0.25, -0.2) is 0 Å². The summed E-state index contributed by atoms with van der Waals surface area (Å²) in [6.45, 7) is 4.22. The van der Waals surface area contributed by atoms with Crippen molar-refractivity contribution < 1.29 is 4.79 Å². The molecule has 0 aliphatic rings. The molecule has 0 saturated carbocycles. The first-order chi connectivity index (χ1) is 9.69. The molecule has 0 amide bonds. The second-order valence-corrected chi connectivity index (χ2v) is 5.96. The zero-order valence-electron chi connectivity index (χ0n) is 12.1.